The number of fused-ring (bicyclic) bond motifs is 1. The van der Waals surface area contributed by atoms with E-state index in [0.717, 1.165) is 15.2 Å². The molecule has 0 aliphatic rings. The van der Waals surface area contributed by atoms with E-state index < -0.39 is 22.1 Å². The number of nitro groups is 1. The van der Waals surface area contributed by atoms with Gasteiger partial charge in [-0.3, -0.25) is 25.1 Å². The van der Waals surface area contributed by atoms with Crippen molar-refractivity contribution in [1.82, 2.24) is 9.66 Å². The highest BCUT2D eigenvalue weighted by Crippen LogP contribution is 2.25. The van der Waals surface area contributed by atoms with Crippen molar-refractivity contribution in [3.8, 4) is 11.4 Å². The van der Waals surface area contributed by atoms with Crippen LogP contribution in [0, 0.1) is 10.1 Å². The van der Waals surface area contributed by atoms with E-state index in [9.17, 15) is 19.7 Å². The van der Waals surface area contributed by atoms with Crippen LogP contribution in [0.15, 0.2) is 76.0 Å². The smallest absolute Gasteiger partial charge is 0.267 e. The summed E-state index contributed by atoms with van der Waals surface area (Å²) in [6, 6.07) is 17.5. The highest BCUT2D eigenvalue weighted by molar-refractivity contribution is 9.10. The fraction of sp³-hybridized carbons (Fsp3) is 0. The zero-order chi connectivity index (χ0) is 22.1. The highest BCUT2D eigenvalue weighted by atomic mass is 79.9. The molecule has 0 atom stereocenters. The number of hydrogen-bond acceptors (Lipinski definition) is 5. The second-order valence-corrected chi connectivity index (χ2v) is 7.79. The maximum absolute atomic E-state index is 13.2. The maximum atomic E-state index is 13.2. The van der Waals surface area contributed by atoms with Crippen LogP contribution in [0.3, 0.4) is 0 Å². The Bertz CT molecular complexity index is 1400. The first kappa shape index (κ1) is 20.7. The summed E-state index contributed by atoms with van der Waals surface area (Å²) in [6.07, 6.45) is 0. The SMILES string of the molecule is O=C(Nn1c(-c2ccc(Br)cc2)nc2ccccc2c1=O)c1ccc(Cl)c([N+](=O)[O-])c1. The number of para-hydroxylation sites is 1. The Balaban J connectivity index is 1.85. The highest BCUT2D eigenvalue weighted by Gasteiger charge is 2.19. The molecule has 0 radical (unpaired) electrons. The molecule has 0 saturated carbocycles. The molecule has 0 bridgehead atoms. The van der Waals surface area contributed by atoms with Gasteiger partial charge in [-0.1, -0.05) is 51.8 Å². The van der Waals surface area contributed by atoms with Crippen molar-refractivity contribution < 1.29 is 9.72 Å². The van der Waals surface area contributed by atoms with E-state index in [1.165, 1.54) is 12.1 Å². The fourth-order valence-electron chi connectivity index (χ4n) is 2.99. The number of halogens is 2. The first-order valence-corrected chi connectivity index (χ1v) is 10.1. The zero-order valence-corrected chi connectivity index (χ0v) is 17.9. The van der Waals surface area contributed by atoms with Gasteiger partial charge in [0.25, 0.3) is 17.2 Å². The van der Waals surface area contributed by atoms with Crippen molar-refractivity contribution in [2.45, 2.75) is 0 Å². The Hall–Kier alpha value is -3.56. The molecule has 1 N–H and O–H groups in total. The number of aromatic nitrogens is 2. The molecule has 0 unspecified atom stereocenters. The van der Waals surface area contributed by atoms with E-state index in [0.29, 0.717) is 16.5 Å². The van der Waals surface area contributed by atoms with Gasteiger partial charge in [-0.2, -0.15) is 4.68 Å². The molecular formula is C21H12BrClN4O4. The third-order valence-corrected chi connectivity index (χ3v) is 5.34. The van der Waals surface area contributed by atoms with Crippen LogP contribution in [0.4, 0.5) is 5.69 Å². The number of nitrogens with zero attached hydrogens (tertiary/aromatic N) is 3. The molecule has 1 aromatic heterocycles. The fourth-order valence-corrected chi connectivity index (χ4v) is 3.44. The number of rotatable bonds is 4. The third kappa shape index (κ3) is 4.05. The van der Waals surface area contributed by atoms with Crippen LogP contribution < -0.4 is 11.0 Å². The third-order valence-electron chi connectivity index (χ3n) is 4.50. The van der Waals surface area contributed by atoms with Gasteiger partial charge in [-0.25, -0.2) is 4.98 Å². The van der Waals surface area contributed by atoms with Crippen LogP contribution in [0.2, 0.25) is 5.02 Å². The monoisotopic (exact) mass is 498 g/mol. The van der Waals surface area contributed by atoms with E-state index in [-0.39, 0.29) is 16.4 Å². The molecule has 154 valence electrons. The average Bonchev–Trinajstić information content (AvgIpc) is 2.76. The topological polar surface area (TPSA) is 107 Å². The van der Waals surface area contributed by atoms with Gasteiger partial charge in [0.1, 0.15) is 5.02 Å². The van der Waals surface area contributed by atoms with E-state index in [2.05, 4.69) is 26.3 Å². The lowest BCUT2D eigenvalue weighted by Crippen LogP contribution is -2.35. The Kier molecular flexibility index (Phi) is 5.53. The molecule has 10 heteroatoms. The van der Waals surface area contributed by atoms with Gasteiger partial charge in [0.15, 0.2) is 5.82 Å². The van der Waals surface area contributed by atoms with Crippen molar-refractivity contribution >= 4 is 50.0 Å². The number of hydrogen-bond donors (Lipinski definition) is 1. The van der Waals surface area contributed by atoms with E-state index in [1.54, 1.807) is 48.5 Å². The Labute approximate surface area is 188 Å². The van der Waals surface area contributed by atoms with E-state index in [4.69, 9.17) is 11.6 Å². The second-order valence-electron chi connectivity index (χ2n) is 6.46. The molecule has 0 saturated heterocycles. The summed E-state index contributed by atoms with van der Waals surface area (Å²) in [7, 11) is 0. The summed E-state index contributed by atoms with van der Waals surface area (Å²) in [5.74, 6) is -0.509. The van der Waals surface area contributed by atoms with Gasteiger partial charge in [0.05, 0.1) is 15.8 Å². The van der Waals surface area contributed by atoms with Crippen molar-refractivity contribution in [2.75, 3.05) is 5.43 Å². The molecular weight excluding hydrogens is 488 g/mol. The summed E-state index contributed by atoms with van der Waals surface area (Å²) >= 11 is 9.18. The Morgan fingerprint density at radius 3 is 2.52 bits per heavy atom. The molecule has 0 fully saturated rings. The predicted octanol–water partition coefficient (Wildman–Crippen LogP) is 4.77. The summed E-state index contributed by atoms with van der Waals surface area (Å²) in [6.45, 7) is 0. The van der Waals surface area contributed by atoms with Crippen molar-refractivity contribution in [1.29, 1.82) is 0 Å². The van der Waals surface area contributed by atoms with Crippen molar-refractivity contribution in [3.63, 3.8) is 0 Å². The normalized spacial score (nSPS) is 10.8. The Morgan fingerprint density at radius 2 is 1.81 bits per heavy atom. The number of carbonyl (C=O) groups is 1. The lowest BCUT2D eigenvalue weighted by molar-refractivity contribution is -0.384. The van der Waals surface area contributed by atoms with Crippen LogP contribution in [0.1, 0.15) is 10.4 Å². The van der Waals surface area contributed by atoms with Gasteiger partial charge >= 0.3 is 0 Å². The molecule has 1 heterocycles. The summed E-state index contributed by atoms with van der Waals surface area (Å²) in [4.78, 5) is 41.0. The molecule has 1 amide bonds. The molecule has 4 rings (SSSR count). The lowest BCUT2D eigenvalue weighted by atomic mass is 10.2. The summed E-state index contributed by atoms with van der Waals surface area (Å²) in [5, 5.41) is 11.4. The first-order valence-electron chi connectivity index (χ1n) is 8.88. The number of carbonyl (C=O) groups excluding carboxylic acids is 1. The molecule has 4 aromatic rings. The van der Waals surface area contributed by atoms with E-state index in [1.807, 2.05) is 0 Å². The van der Waals surface area contributed by atoms with Crippen LogP contribution >= 0.6 is 27.5 Å². The standard InChI is InChI=1S/C21H12BrClN4O4/c22-14-8-5-12(6-9-14)19-24-17-4-2-1-3-15(17)21(29)26(19)25-20(28)13-7-10-16(23)18(11-13)27(30)31/h1-11H,(H,25,28). The zero-order valence-electron chi connectivity index (χ0n) is 15.6. The van der Waals surface area contributed by atoms with Crippen LogP contribution in [0.25, 0.3) is 22.3 Å². The van der Waals surface area contributed by atoms with Gasteiger partial charge in [0.2, 0.25) is 0 Å². The van der Waals surface area contributed by atoms with Gasteiger partial charge < -0.3 is 0 Å². The second kappa shape index (κ2) is 8.29. The van der Waals surface area contributed by atoms with Crippen LogP contribution in [-0.4, -0.2) is 20.5 Å². The number of nitro benzene ring substituents is 1. The minimum Gasteiger partial charge on any atom is -0.267 e. The van der Waals surface area contributed by atoms with Gasteiger partial charge in [-0.15, -0.1) is 0 Å². The Morgan fingerprint density at radius 1 is 1.10 bits per heavy atom. The molecule has 0 aliphatic heterocycles. The quantitative estimate of drug-likeness (QED) is 0.321. The predicted molar refractivity (Wildman–Crippen MR) is 121 cm³/mol. The molecule has 3 aromatic carbocycles. The average molecular weight is 500 g/mol. The van der Waals surface area contributed by atoms with E-state index >= 15 is 0 Å². The molecule has 0 spiro atoms. The van der Waals surface area contributed by atoms with Crippen molar-refractivity contribution in [2.24, 2.45) is 0 Å². The van der Waals surface area contributed by atoms with Crippen LogP contribution in [-0.2, 0) is 0 Å². The summed E-state index contributed by atoms with van der Waals surface area (Å²) in [5.41, 5.74) is 2.65. The molecule has 0 aliphatic carbocycles. The largest absolute Gasteiger partial charge is 0.288 e. The number of nitrogens with one attached hydrogen (secondary N) is 1. The minimum absolute atomic E-state index is 0.0297. The molecule has 8 nitrogen and oxygen atoms in total. The van der Waals surface area contributed by atoms with Gasteiger partial charge in [0, 0.05) is 21.7 Å². The maximum Gasteiger partial charge on any atom is 0.288 e. The van der Waals surface area contributed by atoms with Gasteiger partial charge in [-0.05, 0) is 36.4 Å². The van der Waals surface area contributed by atoms with Crippen LogP contribution in [0.5, 0.6) is 0 Å². The first-order chi connectivity index (χ1) is 14.8. The molecule has 31 heavy (non-hydrogen) atoms. The van der Waals surface area contributed by atoms with Crippen molar-refractivity contribution in [3.05, 3.63) is 102 Å². The minimum atomic E-state index is -0.725. The lowest BCUT2D eigenvalue weighted by Gasteiger charge is -2.15. The summed E-state index contributed by atoms with van der Waals surface area (Å²) < 4.78 is 1.87. The number of amides is 1. The number of benzene rings is 3.